The van der Waals surface area contributed by atoms with Gasteiger partial charge in [-0.3, -0.25) is 0 Å². The zero-order chi connectivity index (χ0) is 16.4. The van der Waals surface area contributed by atoms with Gasteiger partial charge in [0.2, 0.25) is 0 Å². The van der Waals surface area contributed by atoms with E-state index in [1.807, 2.05) is 6.07 Å². The lowest BCUT2D eigenvalue weighted by Gasteiger charge is -2.51. The number of rotatable bonds is 0. The van der Waals surface area contributed by atoms with E-state index in [0.717, 1.165) is 25.7 Å². The van der Waals surface area contributed by atoms with Crippen LogP contribution >= 0.6 is 0 Å². The van der Waals surface area contributed by atoms with Crippen LogP contribution in [0.25, 0.3) is 0 Å². The van der Waals surface area contributed by atoms with E-state index in [1.54, 1.807) is 6.07 Å². The van der Waals surface area contributed by atoms with Gasteiger partial charge in [0.1, 0.15) is 5.75 Å². The van der Waals surface area contributed by atoms with Crippen LogP contribution < -0.4 is 0 Å². The molecule has 0 amide bonds. The van der Waals surface area contributed by atoms with Crippen molar-refractivity contribution >= 4 is 0 Å². The van der Waals surface area contributed by atoms with Gasteiger partial charge in [0.25, 0.3) is 6.08 Å². The summed E-state index contributed by atoms with van der Waals surface area (Å²) in [6.45, 7) is 4.35. The summed E-state index contributed by atoms with van der Waals surface area (Å²) in [6.07, 6.45) is 2.84. The van der Waals surface area contributed by atoms with E-state index in [9.17, 15) is 13.9 Å². The molecule has 2 fully saturated rings. The highest BCUT2D eigenvalue weighted by atomic mass is 19.3. The molecular formula is C20H24F2O. The van der Waals surface area contributed by atoms with Crippen LogP contribution in [0.15, 0.2) is 29.9 Å². The molecule has 1 aromatic carbocycles. The summed E-state index contributed by atoms with van der Waals surface area (Å²) < 4.78 is 26.8. The molecule has 1 N–H and O–H groups in total. The van der Waals surface area contributed by atoms with Crippen molar-refractivity contribution in [2.75, 3.05) is 0 Å². The van der Waals surface area contributed by atoms with E-state index >= 15 is 0 Å². The monoisotopic (exact) mass is 318 g/mol. The van der Waals surface area contributed by atoms with Crippen LogP contribution in [-0.2, 0) is 6.42 Å². The summed E-state index contributed by atoms with van der Waals surface area (Å²) in [5, 5.41) is 9.77. The number of phenols is 1. The first kappa shape index (κ1) is 15.2. The number of allylic oxidation sites excluding steroid dienone is 1. The number of benzene rings is 1. The predicted octanol–water partition coefficient (Wildman–Crippen LogP) is 5.64. The summed E-state index contributed by atoms with van der Waals surface area (Å²) in [6, 6.07) is 5.75. The Morgan fingerprint density at radius 3 is 2.78 bits per heavy atom. The number of hydrogen-bond donors (Lipinski definition) is 1. The Bertz CT molecular complexity index is 676. The normalized spacial score (nSPS) is 38.7. The quantitative estimate of drug-likeness (QED) is 0.656. The van der Waals surface area contributed by atoms with Gasteiger partial charge in [-0.15, -0.1) is 0 Å². The highest BCUT2D eigenvalue weighted by Crippen LogP contribution is 2.64. The third-order valence-corrected chi connectivity index (χ3v) is 7.07. The summed E-state index contributed by atoms with van der Waals surface area (Å²) >= 11 is 0. The van der Waals surface area contributed by atoms with Crippen molar-refractivity contribution in [3.05, 3.63) is 41.0 Å². The fourth-order valence-electron chi connectivity index (χ4n) is 6.09. The fourth-order valence-corrected chi connectivity index (χ4v) is 6.09. The molecule has 0 aromatic heterocycles. The van der Waals surface area contributed by atoms with Crippen LogP contribution in [0.1, 0.15) is 56.6 Å². The molecule has 2 saturated carbocycles. The van der Waals surface area contributed by atoms with E-state index in [-0.39, 0.29) is 5.41 Å². The molecule has 0 radical (unpaired) electrons. The number of phenolic OH excluding ortho intramolecular Hbond substituents is 1. The molecule has 1 aromatic rings. The molecule has 3 aliphatic rings. The minimum Gasteiger partial charge on any atom is -0.508 e. The fraction of sp³-hybridized carbons (Fsp3) is 0.600. The maximum absolute atomic E-state index is 13.4. The van der Waals surface area contributed by atoms with Gasteiger partial charge in [0.15, 0.2) is 0 Å². The Kier molecular flexibility index (Phi) is 3.33. The van der Waals surface area contributed by atoms with Gasteiger partial charge in [-0.05, 0) is 84.5 Å². The van der Waals surface area contributed by atoms with E-state index in [4.69, 9.17) is 0 Å². The molecule has 0 unspecified atom stereocenters. The SMILES string of the molecule is C[C@H]1Cc2cc(O)ccc2[C@H]2CC[C@]3(C)C(=C(F)F)CC[C@H]3[C@@H]21. The molecule has 4 rings (SSSR count). The maximum Gasteiger partial charge on any atom is 0.270 e. The Morgan fingerprint density at radius 2 is 2.04 bits per heavy atom. The number of aromatic hydroxyl groups is 1. The third-order valence-electron chi connectivity index (χ3n) is 7.07. The molecule has 3 heteroatoms. The summed E-state index contributed by atoms with van der Waals surface area (Å²) in [7, 11) is 0. The van der Waals surface area contributed by atoms with Crippen molar-refractivity contribution in [1.82, 2.24) is 0 Å². The molecule has 0 heterocycles. The van der Waals surface area contributed by atoms with Gasteiger partial charge in [-0.2, -0.15) is 8.78 Å². The second-order valence-electron chi connectivity index (χ2n) is 8.09. The zero-order valence-electron chi connectivity index (χ0n) is 13.8. The molecule has 3 aliphatic carbocycles. The second-order valence-corrected chi connectivity index (χ2v) is 8.09. The number of hydrogen-bond acceptors (Lipinski definition) is 1. The van der Waals surface area contributed by atoms with Crippen LogP contribution in [0, 0.1) is 23.2 Å². The molecule has 1 nitrogen and oxygen atoms in total. The molecule has 0 aliphatic heterocycles. The molecular weight excluding hydrogens is 294 g/mol. The van der Waals surface area contributed by atoms with E-state index in [1.165, 1.54) is 11.1 Å². The topological polar surface area (TPSA) is 20.2 Å². The second kappa shape index (κ2) is 5.06. The standard InChI is InChI=1S/C20H24F2O/c1-11-9-12-10-13(23)3-4-14(12)15-7-8-20(2)16(18(11)15)5-6-17(20)19(21)22/h3-4,10-11,15-16,18,23H,5-9H2,1-2H3/t11-,15+,16-,18+,20-/m0/s1. The minimum absolute atomic E-state index is 0.303. The van der Waals surface area contributed by atoms with Gasteiger partial charge in [-0.1, -0.05) is 19.9 Å². The lowest BCUT2D eigenvalue weighted by atomic mass is 9.52. The molecule has 5 atom stereocenters. The van der Waals surface area contributed by atoms with Crippen molar-refractivity contribution < 1.29 is 13.9 Å². The predicted molar refractivity (Wildman–Crippen MR) is 86.5 cm³/mol. The van der Waals surface area contributed by atoms with E-state index < -0.39 is 6.08 Å². The highest BCUT2D eigenvalue weighted by molar-refractivity contribution is 5.41. The molecule has 0 saturated heterocycles. The lowest BCUT2D eigenvalue weighted by Crippen LogP contribution is -2.43. The Balaban J connectivity index is 1.76. The van der Waals surface area contributed by atoms with Crippen LogP contribution in [0.4, 0.5) is 8.78 Å². The van der Waals surface area contributed by atoms with Crippen LogP contribution in [0.5, 0.6) is 5.75 Å². The highest BCUT2D eigenvalue weighted by Gasteiger charge is 2.55. The van der Waals surface area contributed by atoms with Crippen molar-refractivity contribution in [1.29, 1.82) is 0 Å². The maximum atomic E-state index is 13.4. The Hall–Kier alpha value is -1.38. The molecule has 124 valence electrons. The third kappa shape index (κ3) is 2.08. The van der Waals surface area contributed by atoms with Crippen molar-refractivity contribution in [3.63, 3.8) is 0 Å². The largest absolute Gasteiger partial charge is 0.508 e. The average Bonchev–Trinajstić information content (AvgIpc) is 2.84. The van der Waals surface area contributed by atoms with Gasteiger partial charge in [0.05, 0.1) is 0 Å². The first-order valence-electron chi connectivity index (χ1n) is 8.78. The van der Waals surface area contributed by atoms with Gasteiger partial charge in [-0.25, -0.2) is 0 Å². The van der Waals surface area contributed by atoms with Gasteiger partial charge < -0.3 is 5.11 Å². The van der Waals surface area contributed by atoms with E-state index in [0.29, 0.717) is 41.4 Å². The number of fused-ring (bicyclic) bond motifs is 5. The van der Waals surface area contributed by atoms with Crippen LogP contribution in [0.3, 0.4) is 0 Å². The van der Waals surface area contributed by atoms with Crippen molar-refractivity contribution in [3.8, 4) is 5.75 Å². The number of halogens is 2. The average molecular weight is 318 g/mol. The Morgan fingerprint density at radius 1 is 1.26 bits per heavy atom. The minimum atomic E-state index is -1.43. The van der Waals surface area contributed by atoms with Crippen LogP contribution in [0.2, 0.25) is 0 Å². The lowest BCUT2D eigenvalue weighted by molar-refractivity contribution is 0.0468. The van der Waals surface area contributed by atoms with Crippen LogP contribution in [-0.4, -0.2) is 5.11 Å². The summed E-state index contributed by atoms with van der Waals surface area (Å²) in [5.74, 6) is 2.15. The van der Waals surface area contributed by atoms with Gasteiger partial charge in [0, 0.05) is 5.57 Å². The molecule has 23 heavy (non-hydrogen) atoms. The smallest absolute Gasteiger partial charge is 0.270 e. The van der Waals surface area contributed by atoms with E-state index in [2.05, 4.69) is 19.9 Å². The summed E-state index contributed by atoms with van der Waals surface area (Å²) in [4.78, 5) is 0. The van der Waals surface area contributed by atoms with Crippen molar-refractivity contribution in [2.24, 2.45) is 23.2 Å². The van der Waals surface area contributed by atoms with Gasteiger partial charge >= 0.3 is 0 Å². The first-order valence-corrected chi connectivity index (χ1v) is 8.78. The first-order chi connectivity index (χ1) is 10.9. The Labute approximate surface area is 136 Å². The molecule has 0 bridgehead atoms. The zero-order valence-corrected chi connectivity index (χ0v) is 13.8. The molecule has 0 spiro atoms. The summed E-state index contributed by atoms with van der Waals surface area (Å²) in [5.41, 5.74) is 2.74. The van der Waals surface area contributed by atoms with Crippen molar-refractivity contribution in [2.45, 2.75) is 51.9 Å².